The highest BCUT2D eigenvalue weighted by atomic mass is 32.1. The molecule has 0 fully saturated rings. The van der Waals surface area contributed by atoms with Crippen LogP contribution in [0.3, 0.4) is 0 Å². The fourth-order valence-corrected chi connectivity index (χ4v) is 1.90. The molecule has 7 heteroatoms. The predicted molar refractivity (Wildman–Crippen MR) is 62.8 cm³/mol. The van der Waals surface area contributed by atoms with Crippen LogP contribution < -0.4 is 11.5 Å². The Kier molecular flexibility index (Phi) is 4.71. The predicted octanol–water partition coefficient (Wildman–Crippen LogP) is 0.845. The van der Waals surface area contributed by atoms with Crippen LogP contribution in [0.1, 0.15) is 25.0 Å². The molecule has 1 heterocycles. The molecule has 0 unspecified atom stereocenters. The van der Waals surface area contributed by atoms with Crippen molar-refractivity contribution >= 4 is 28.4 Å². The first-order chi connectivity index (χ1) is 7.58. The van der Waals surface area contributed by atoms with Gasteiger partial charge < -0.3 is 16.6 Å². The summed E-state index contributed by atoms with van der Waals surface area (Å²) in [4.78, 5) is 18.3. The van der Waals surface area contributed by atoms with Crippen LogP contribution in [0.4, 0.5) is 5.13 Å². The second kappa shape index (κ2) is 6.06. The van der Waals surface area contributed by atoms with Gasteiger partial charge in [0.25, 0.3) is 0 Å². The zero-order chi connectivity index (χ0) is 12.0. The largest absolute Gasteiger partial charge is 0.481 e. The maximum atomic E-state index is 10.3. The van der Waals surface area contributed by atoms with E-state index in [4.69, 9.17) is 16.6 Å². The van der Waals surface area contributed by atoms with Gasteiger partial charge in [-0.3, -0.25) is 4.79 Å². The van der Waals surface area contributed by atoms with Gasteiger partial charge in [-0.1, -0.05) is 0 Å². The van der Waals surface area contributed by atoms with Gasteiger partial charge in [0.1, 0.15) is 0 Å². The summed E-state index contributed by atoms with van der Waals surface area (Å²) in [6.45, 7) is 0. The molecular weight excluding hydrogens is 228 g/mol. The van der Waals surface area contributed by atoms with Crippen molar-refractivity contribution < 1.29 is 9.90 Å². The van der Waals surface area contributed by atoms with Crippen LogP contribution in [0, 0.1) is 0 Å². The SMILES string of the molecule is NC(N)=Nc1nc(CCCCC(=O)O)cs1. The van der Waals surface area contributed by atoms with Crippen LogP contribution >= 0.6 is 11.3 Å². The molecule has 0 aliphatic carbocycles. The standard InChI is InChI=1S/C9H14N4O2S/c10-8(11)13-9-12-6(5-16-9)3-1-2-4-7(14)15/h5H,1-4H2,(H,14,15)(H4,10,11,12,13). The lowest BCUT2D eigenvalue weighted by atomic mass is 10.2. The minimum Gasteiger partial charge on any atom is -0.481 e. The summed E-state index contributed by atoms with van der Waals surface area (Å²) in [6, 6.07) is 0. The van der Waals surface area contributed by atoms with Gasteiger partial charge in [-0.25, -0.2) is 4.98 Å². The molecular formula is C9H14N4O2S. The van der Waals surface area contributed by atoms with Gasteiger partial charge in [-0.2, -0.15) is 4.99 Å². The lowest BCUT2D eigenvalue weighted by molar-refractivity contribution is -0.137. The first-order valence-electron chi connectivity index (χ1n) is 4.84. The first-order valence-corrected chi connectivity index (χ1v) is 5.71. The molecule has 88 valence electrons. The highest BCUT2D eigenvalue weighted by Gasteiger charge is 2.02. The van der Waals surface area contributed by atoms with Crippen molar-refractivity contribution in [3.63, 3.8) is 0 Å². The lowest BCUT2D eigenvalue weighted by Gasteiger charge is -1.94. The van der Waals surface area contributed by atoms with Crippen molar-refractivity contribution in [3.05, 3.63) is 11.1 Å². The number of nitrogens with zero attached hydrogens (tertiary/aromatic N) is 2. The quantitative estimate of drug-likeness (QED) is 0.388. The number of thiazole rings is 1. The number of hydrogen-bond donors (Lipinski definition) is 3. The third kappa shape index (κ3) is 4.74. The van der Waals surface area contributed by atoms with Crippen LogP contribution in [-0.2, 0) is 11.2 Å². The van der Waals surface area contributed by atoms with E-state index in [-0.39, 0.29) is 12.4 Å². The molecule has 1 rings (SSSR count). The molecule has 5 N–H and O–H groups in total. The first kappa shape index (κ1) is 12.4. The van der Waals surface area contributed by atoms with E-state index in [0.29, 0.717) is 11.6 Å². The van der Waals surface area contributed by atoms with Crippen LogP contribution in [0.15, 0.2) is 10.4 Å². The number of rotatable bonds is 6. The highest BCUT2D eigenvalue weighted by Crippen LogP contribution is 2.19. The van der Waals surface area contributed by atoms with Gasteiger partial charge in [0.15, 0.2) is 5.96 Å². The van der Waals surface area contributed by atoms with E-state index in [1.54, 1.807) is 0 Å². The summed E-state index contributed by atoms with van der Waals surface area (Å²) < 4.78 is 0. The van der Waals surface area contributed by atoms with Gasteiger partial charge >= 0.3 is 5.97 Å². The Morgan fingerprint density at radius 1 is 1.50 bits per heavy atom. The molecule has 0 aliphatic heterocycles. The number of carbonyl (C=O) groups is 1. The van der Waals surface area contributed by atoms with Crippen molar-refractivity contribution in [1.29, 1.82) is 0 Å². The molecule has 6 nitrogen and oxygen atoms in total. The number of carboxylic acid groups (broad SMARTS) is 1. The fourth-order valence-electron chi connectivity index (χ4n) is 1.16. The Morgan fingerprint density at radius 2 is 2.25 bits per heavy atom. The number of nitrogens with two attached hydrogens (primary N) is 2. The summed E-state index contributed by atoms with van der Waals surface area (Å²) in [5.74, 6) is -0.772. The molecule has 0 radical (unpaired) electrons. The van der Waals surface area contributed by atoms with Crippen molar-refractivity contribution in [3.8, 4) is 0 Å². The summed E-state index contributed by atoms with van der Waals surface area (Å²) >= 11 is 1.37. The van der Waals surface area contributed by atoms with Gasteiger partial charge in [0.05, 0.1) is 5.69 Å². The molecule has 0 saturated heterocycles. The van der Waals surface area contributed by atoms with E-state index in [0.717, 1.165) is 18.5 Å². The minimum absolute atomic E-state index is 0.00761. The van der Waals surface area contributed by atoms with Gasteiger partial charge in [0, 0.05) is 11.8 Å². The lowest BCUT2D eigenvalue weighted by Crippen LogP contribution is -2.21. The van der Waals surface area contributed by atoms with Crippen molar-refractivity contribution in [2.75, 3.05) is 0 Å². The fraction of sp³-hybridized carbons (Fsp3) is 0.444. The van der Waals surface area contributed by atoms with Crippen molar-refractivity contribution in [2.24, 2.45) is 16.5 Å². The van der Waals surface area contributed by atoms with E-state index < -0.39 is 5.97 Å². The smallest absolute Gasteiger partial charge is 0.303 e. The van der Waals surface area contributed by atoms with Crippen LogP contribution in [-0.4, -0.2) is 22.0 Å². The maximum Gasteiger partial charge on any atom is 0.303 e. The second-order valence-corrected chi connectivity index (χ2v) is 4.10. The monoisotopic (exact) mass is 242 g/mol. The van der Waals surface area contributed by atoms with Crippen LogP contribution in [0.5, 0.6) is 0 Å². The normalized spacial score (nSPS) is 10.0. The molecule has 0 amide bonds. The Morgan fingerprint density at radius 3 is 2.88 bits per heavy atom. The molecule has 16 heavy (non-hydrogen) atoms. The summed E-state index contributed by atoms with van der Waals surface area (Å²) in [7, 11) is 0. The maximum absolute atomic E-state index is 10.3. The van der Waals surface area contributed by atoms with Gasteiger partial charge in [-0.05, 0) is 19.3 Å². The number of carboxylic acids is 1. The summed E-state index contributed by atoms with van der Waals surface area (Å²) in [6.07, 6.45) is 2.41. The molecule has 0 atom stereocenters. The van der Waals surface area contributed by atoms with Crippen LogP contribution in [0.25, 0.3) is 0 Å². The molecule has 0 saturated carbocycles. The van der Waals surface area contributed by atoms with Crippen LogP contribution in [0.2, 0.25) is 0 Å². The Bertz CT molecular complexity index is 385. The molecule has 1 aromatic heterocycles. The number of aliphatic carboxylic acids is 1. The number of guanidine groups is 1. The Labute approximate surface area is 97.0 Å². The van der Waals surface area contributed by atoms with E-state index in [1.165, 1.54) is 11.3 Å². The summed E-state index contributed by atoms with van der Waals surface area (Å²) in [5, 5.41) is 10.9. The number of hydrogen-bond acceptors (Lipinski definition) is 4. The van der Waals surface area contributed by atoms with E-state index in [1.807, 2.05) is 5.38 Å². The molecule has 0 aliphatic rings. The van der Waals surface area contributed by atoms with Gasteiger partial charge in [0.2, 0.25) is 5.13 Å². The third-order valence-electron chi connectivity index (χ3n) is 1.84. The molecule has 0 spiro atoms. The molecule has 1 aromatic rings. The topological polar surface area (TPSA) is 115 Å². The molecule has 0 bridgehead atoms. The third-order valence-corrected chi connectivity index (χ3v) is 2.62. The Hall–Kier alpha value is -1.63. The zero-order valence-corrected chi connectivity index (χ0v) is 9.54. The van der Waals surface area contributed by atoms with E-state index in [2.05, 4.69) is 9.98 Å². The van der Waals surface area contributed by atoms with Crippen molar-refractivity contribution in [2.45, 2.75) is 25.7 Å². The second-order valence-electron chi connectivity index (χ2n) is 3.26. The van der Waals surface area contributed by atoms with E-state index >= 15 is 0 Å². The average Bonchev–Trinajstić information content (AvgIpc) is 2.59. The van der Waals surface area contributed by atoms with E-state index in [9.17, 15) is 4.79 Å². The Balaban J connectivity index is 2.35. The zero-order valence-electron chi connectivity index (χ0n) is 8.72. The van der Waals surface area contributed by atoms with Crippen molar-refractivity contribution in [1.82, 2.24) is 4.98 Å². The number of aromatic nitrogens is 1. The molecule has 0 aromatic carbocycles. The number of unbranched alkanes of at least 4 members (excludes halogenated alkanes) is 1. The van der Waals surface area contributed by atoms with Gasteiger partial charge in [-0.15, -0.1) is 11.3 Å². The number of aryl methyl sites for hydroxylation is 1. The minimum atomic E-state index is -0.764. The summed E-state index contributed by atoms with van der Waals surface area (Å²) in [5.41, 5.74) is 11.3. The number of aliphatic imine (C=N–C) groups is 1. The average molecular weight is 242 g/mol. The highest BCUT2D eigenvalue weighted by molar-refractivity contribution is 7.13.